The van der Waals surface area contributed by atoms with Crippen molar-refractivity contribution in [2.24, 2.45) is 0 Å². The number of aromatic carboxylic acids is 1. The van der Waals surface area contributed by atoms with Gasteiger partial charge >= 0.3 is 5.97 Å². The van der Waals surface area contributed by atoms with Crippen molar-refractivity contribution in [3.05, 3.63) is 23.8 Å². The number of carbonyl (C=O) groups is 1. The van der Waals surface area contributed by atoms with Gasteiger partial charge in [-0.3, -0.25) is 0 Å². The zero-order valence-corrected chi connectivity index (χ0v) is 7.00. The minimum Gasteiger partial charge on any atom is -0.497 e. The van der Waals surface area contributed by atoms with Crippen LogP contribution in [-0.4, -0.2) is 26.0 Å². The summed E-state index contributed by atoms with van der Waals surface area (Å²) in [4.78, 5) is 10.6. The summed E-state index contributed by atoms with van der Waals surface area (Å²) in [7, 11) is 3.26. The lowest BCUT2D eigenvalue weighted by atomic mass is 9.90. The minimum absolute atomic E-state index is 0.286. The fourth-order valence-corrected chi connectivity index (χ4v) is 0.958. The molecule has 0 heterocycles. The molecule has 0 spiro atoms. The van der Waals surface area contributed by atoms with Crippen LogP contribution in [0.5, 0.6) is 5.75 Å². The molecule has 3 nitrogen and oxygen atoms in total. The van der Waals surface area contributed by atoms with Crippen LogP contribution in [0.15, 0.2) is 18.2 Å². The Morgan fingerprint density at radius 2 is 2.25 bits per heavy atom. The molecule has 4 heteroatoms. The van der Waals surface area contributed by atoms with Crippen molar-refractivity contribution in [1.29, 1.82) is 0 Å². The van der Waals surface area contributed by atoms with E-state index in [1.807, 2.05) is 0 Å². The summed E-state index contributed by atoms with van der Waals surface area (Å²) in [5.41, 5.74) is 1.03. The highest BCUT2D eigenvalue weighted by atomic mass is 16.5. The summed E-state index contributed by atoms with van der Waals surface area (Å²) in [6.45, 7) is 0. The van der Waals surface area contributed by atoms with Crippen molar-refractivity contribution in [3.63, 3.8) is 0 Å². The Kier molecular flexibility index (Phi) is 2.38. The number of rotatable bonds is 2. The summed E-state index contributed by atoms with van der Waals surface area (Å²) < 4.78 is 4.90. The third-order valence-electron chi connectivity index (χ3n) is 1.68. The molecule has 0 bridgehead atoms. The van der Waals surface area contributed by atoms with Crippen LogP contribution in [0, 0.1) is 0 Å². The lowest BCUT2D eigenvalue weighted by Crippen LogP contribution is -2.15. The standard InChI is InChI=1S/C8H9BO3/c1-12-5-2-3-7(9)6(4-5)8(10)11/h2-4H,9H2,1H3,(H,10,11). The third-order valence-corrected chi connectivity index (χ3v) is 1.68. The minimum atomic E-state index is -0.925. The van der Waals surface area contributed by atoms with Gasteiger partial charge in [-0.2, -0.15) is 0 Å². The Hall–Kier alpha value is -1.45. The van der Waals surface area contributed by atoms with Gasteiger partial charge in [-0.1, -0.05) is 11.5 Å². The van der Waals surface area contributed by atoms with E-state index < -0.39 is 5.97 Å². The van der Waals surface area contributed by atoms with E-state index >= 15 is 0 Å². The number of carboxylic acid groups (broad SMARTS) is 1. The predicted octanol–water partition coefficient (Wildman–Crippen LogP) is -0.348. The van der Waals surface area contributed by atoms with Crippen molar-refractivity contribution in [3.8, 4) is 5.75 Å². The molecule has 1 aromatic rings. The van der Waals surface area contributed by atoms with E-state index in [2.05, 4.69) is 0 Å². The first-order chi connectivity index (χ1) is 5.65. The molecule has 0 atom stereocenters. The first-order valence-electron chi connectivity index (χ1n) is 3.53. The Morgan fingerprint density at radius 1 is 1.58 bits per heavy atom. The van der Waals surface area contributed by atoms with Crippen LogP contribution in [0.2, 0.25) is 0 Å². The average molecular weight is 164 g/mol. The van der Waals surface area contributed by atoms with E-state index in [0.717, 1.165) is 5.46 Å². The van der Waals surface area contributed by atoms with Crippen LogP contribution in [0.3, 0.4) is 0 Å². The van der Waals surface area contributed by atoms with Crippen molar-refractivity contribution in [2.45, 2.75) is 0 Å². The molecule has 0 aliphatic carbocycles. The Morgan fingerprint density at radius 3 is 2.75 bits per heavy atom. The van der Waals surface area contributed by atoms with Crippen LogP contribution in [-0.2, 0) is 0 Å². The fraction of sp³-hybridized carbons (Fsp3) is 0.125. The van der Waals surface area contributed by atoms with E-state index in [9.17, 15) is 4.79 Å². The van der Waals surface area contributed by atoms with E-state index in [4.69, 9.17) is 9.84 Å². The molecule has 0 aliphatic rings. The SMILES string of the molecule is Bc1ccc(OC)cc1C(=O)O. The molecule has 1 rings (SSSR count). The number of benzene rings is 1. The lowest BCUT2D eigenvalue weighted by molar-refractivity contribution is 0.0698. The van der Waals surface area contributed by atoms with Crippen LogP contribution in [0.4, 0.5) is 0 Å². The highest BCUT2D eigenvalue weighted by molar-refractivity contribution is 6.36. The van der Waals surface area contributed by atoms with Gasteiger partial charge in [0.15, 0.2) is 0 Å². The van der Waals surface area contributed by atoms with Gasteiger partial charge in [-0.25, -0.2) is 4.79 Å². The first-order valence-corrected chi connectivity index (χ1v) is 3.53. The summed E-state index contributed by atoms with van der Waals surface area (Å²) in [5.74, 6) is -0.357. The van der Waals surface area contributed by atoms with Gasteiger partial charge in [0.2, 0.25) is 0 Å². The Balaban J connectivity index is 3.17. The molecule has 0 fully saturated rings. The number of hydrogen-bond donors (Lipinski definition) is 1. The maximum Gasteiger partial charge on any atom is 0.335 e. The van der Waals surface area contributed by atoms with Gasteiger partial charge in [-0.05, 0) is 12.1 Å². The largest absolute Gasteiger partial charge is 0.497 e. The summed E-state index contributed by atoms with van der Waals surface area (Å²) in [6, 6.07) is 4.97. The first kappa shape index (κ1) is 8.65. The maximum atomic E-state index is 10.6. The molecular formula is C8H9BO3. The quantitative estimate of drug-likeness (QED) is 0.607. The molecule has 0 saturated heterocycles. The molecule has 0 aromatic heterocycles. The molecule has 62 valence electrons. The zero-order valence-electron chi connectivity index (χ0n) is 7.00. The average Bonchev–Trinajstić information content (AvgIpc) is 2.05. The number of ether oxygens (including phenoxy) is 1. The smallest absolute Gasteiger partial charge is 0.335 e. The van der Waals surface area contributed by atoms with Crippen LogP contribution in [0.25, 0.3) is 0 Å². The van der Waals surface area contributed by atoms with E-state index in [1.54, 1.807) is 20.0 Å². The Bertz CT molecular complexity index is 309. The fourth-order valence-electron chi connectivity index (χ4n) is 0.958. The van der Waals surface area contributed by atoms with Crippen molar-refractivity contribution in [2.75, 3.05) is 7.11 Å². The van der Waals surface area contributed by atoms with Gasteiger partial charge in [0.1, 0.15) is 13.6 Å². The summed E-state index contributed by atoms with van der Waals surface area (Å²) >= 11 is 0. The van der Waals surface area contributed by atoms with Crippen molar-refractivity contribution in [1.82, 2.24) is 0 Å². The summed E-state index contributed by atoms with van der Waals surface area (Å²) in [5, 5.41) is 8.73. The van der Waals surface area contributed by atoms with E-state index in [0.29, 0.717) is 5.75 Å². The second kappa shape index (κ2) is 3.30. The predicted molar refractivity (Wildman–Crippen MR) is 48.1 cm³/mol. The van der Waals surface area contributed by atoms with E-state index in [1.165, 1.54) is 13.2 Å². The van der Waals surface area contributed by atoms with Crippen LogP contribution >= 0.6 is 0 Å². The van der Waals surface area contributed by atoms with Crippen LogP contribution in [0.1, 0.15) is 10.4 Å². The molecular weight excluding hydrogens is 155 g/mol. The van der Waals surface area contributed by atoms with Crippen molar-refractivity contribution < 1.29 is 14.6 Å². The highest BCUT2D eigenvalue weighted by Crippen LogP contribution is 2.09. The molecule has 0 saturated carbocycles. The molecule has 0 radical (unpaired) electrons. The van der Waals surface area contributed by atoms with Gasteiger partial charge < -0.3 is 9.84 Å². The second-order valence-electron chi connectivity index (χ2n) is 2.49. The second-order valence-corrected chi connectivity index (χ2v) is 2.49. The number of carboxylic acids is 1. The van der Waals surface area contributed by atoms with Crippen molar-refractivity contribution >= 4 is 19.3 Å². The highest BCUT2D eigenvalue weighted by Gasteiger charge is 2.06. The normalized spacial score (nSPS) is 9.42. The number of hydrogen-bond acceptors (Lipinski definition) is 2. The monoisotopic (exact) mass is 164 g/mol. The van der Waals surface area contributed by atoms with Gasteiger partial charge in [0, 0.05) is 0 Å². The molecule has 0 aliphatic heterocycles. The van der Waals surface area contributed by atoms with Gasteiger partial charge in [0.05, 0.1) is 12.7 Å². The lowest BCUT2D eigenvalue weighted by Gasteiger charge is -2.03. The van der Waals surface area contributed by atoms with Gasteiger partial charge in [-0.15, -0.1) is 0 Å². The molecule has 1 N–H and O–H groups in total. The molecule has 0 amide bonds. The van der Waals surface area contributed by atoms with E-state index in [-0.39, 0.29) is 5.56 Å². The molecule has 12 heavy (non-hydrogen) atoms. The third kappa shape index (κ3) is 1.58. The van der Waals surface area contributed by atoms with Crippen LogP contribution < -0.4 is 10.2 Å². The topological polar surface area (TPSA) is 46.5 Å². The zero-order chi connectivity index (χ0) is 9.14. The maximum absolute atomic E-state index is 10.6. The molecule has 0 unspecified atom stereocenters. The summed E-state index contributed by atoms with van der Waals surface area (Å²) in [6.07, 6.45) is 0. The molecule has 1 aromatic carbocycles. The Labute approximate surface area is 71.4 Å². The van der Waals surface area contributed by atoms with Gasteiger partial charge in [0.25, 0.3) is 0 Å². The number of methoxy groups -OCH3 is 1.